The molecule has 1 aromatic rings. The number of nitrogens with one attached hydrogen (secondary N) is 1. The molecule has 0 aliphatic carbocycles. The summed E-state index contributed by atoms with van der Waals surface area (Å²) in [6, 6.07) is 2.91. The van der Waals surface area contributed by atoms with Crippen molar-refractivity contribution in [2.45, 2.75) is 52.2 Å². The molecular weight excluding hydrogens is 262 g/mol. The minimum atomic E-state index is 0.723. The fourth-order valence-electron chi connectivity index (χ4n) is 3.22. The van der Waals surface area contributed by atoms with E-state index in [4.69, 9.17) is 4.42 Å². The van der Waals surface area contributed by atoms with Crippen LogP contribution < -0.4 is 5.32 Å². The number of likely N-dealkylation sites (N-methyl/N-ethyl adjacent to an activating group) is 2. The van der Waals surface area contributed by atoms with Gasteiger partial charge in [0.1, 0.15) is 5.76 Å². The highest BCUT2D eigenvalue weighted by Crippen LogP contribution is 2.18. The molecule has 0 saturated carbocycles. The van der Waals surface area contributed by atoms with Crippen LogP contribution in [-0.2, 0) is 13.1 Å². The number of rotatable bonds is 9. The van der Waals surface area contributed by atoms with Crippen LogP contribution in [0.3, 0.4) is 0 Å². The van der Waals surface area contributed by atoms with E-state index in [0.29, 0.717) is 0 Å². The van der Waals surface area contributed by atoms with Crippen LogP contribution in [-0.4, -0.2) is 49.1 Å². The summed E-state index contributed by atoms with van der Waals surface area (Å²) in [6.07, 6.45) is 5.74. The van der Waals surface area contributed by atoms with E-state index in [1.54, 1.807) is 0 Å². The lowest BCUT2D eigenvalue weighted by Crippen LogP contribution is -2.38. The Balaban J connectivity index is 1.75. The first-order chi connectivity index (χ1) is 10.2. The number of hydrogen-bond acceptors (Lipinski definition) is 4. The molecule has 0 bridgehead atoms. The number of nitrogens with zero attached hydrogens (tertiary/aromatic N) is 2. The molecule has 1 aromatic heterocycles. The molecule has 2 rings (SSSR count). The molecule has 1 unspecified atom stereocenters. The average molecular weight is 293 g/mol. The van der Waals surface area contributed by atoms with Crippen molar-refractivity contribution in [3.8, 4) is 0 Å². The van der Waals surface area contributed by atoms with Gasteiger partial charge < -0.3 is 9.73 Å². The third kappa shape index (κ3) is 5.13. The fraction of sp³-hybridized carbons (Fsp3) is 0.765. The van der Waals surface area contributed by atoms with E-state index in [0.717, 1.165) is 38.0 Å². The molecule has 0 aromatic carbocycles. The van der Waals surface area contributed by atoms with Gasteiger partial charge in [-0.25, -0.2) is 0 Å². The lowest BCUT2D eigenvalue weighted by Gasteiger charge is -2.27. The van der Waals surface area contributed by atoms with Gasteiger partial charge in [0.2, 0.25) is 0 Å². The van der Waals surface area contributed by atoms with Gasteiger partial charge in [-0.15, -0.1) is 0 Å². The molecular formula is C17H31N3O. The predicted molar refractivity (Wildman–Crippen MR) is 87.3 cm³/mol. The molecule has 1 saturated heterocycles. The van der Waals surface area contributed by atoms with Gasteiger partial charge in [0.05, 0.1) is 12.8 Å². The monoisotopic (exact) mass is 293 g/mol. The van der Waals surface area contributed by atoms with Crippen LogP contribution in [0.5, 0.6) is 0 Å². The van der Waals surface area contributed by atoms with Gasteiger partial charge in [-0.1, -0.05) is 13.8 Å². The van der Waals surface area contributed by atoms with Crippen molar-refractivity contribution in [2.24, 2.45) is 0 Å². The Morgan fingerprint density at radius 2 is 2.29 bits per heavy atom. The van der Waals surface area contributed by atoms with E-state index < -0.39 is 0 Å². The van der Waals surface area contributed by atoms with Gasteiger partial charge in [0.15, 0.2) is 0 Å². The van der Waals surface area contributed by atoms with Crippen LogP contribution in [0.4, 0.5) is 0 Å². The first-order valence-electron chi connectivity index (χ1n) is 8.42. The van der Waals surface area contributed by atoms with Gasteiger partial charge in [-0.2, -0.15) is 0 Å². The highest BCUT2D eigenvalue weighted by atomic mass is 16.3. The summed E-state index contributed by atoms with van der Waals surface area (Å²) in [7, 11) is 2.20. The molecule has 21 heavy (non-hydrogen) atoms. The van der Waals surface area contributed by atoms with Crippen molar-refractivity contribution >= 4 is 0 Å². The Hall–Kier alpha value is -0.840. The lowest BCUT2D eigenvalue weighted by molar-refractivity contribution is 0.187. The van der Waals surface area contributed by atoms with Crippen molar-refractivity contribution < 1.29 is 4.42 Å². The summed E-state index contributed by atoms with van der Waals surface area (Å²) in [5.74, 6) is 1.08. The van der Waals surface area contributed by atoms with Crippen LogP contribution in [0.1, 0.15) is 44.4 Å². The quantitative estimate of drug-likeness (QED) is 0.709. The number of hydrogen-bond donors (Lipinski definition) is 1. The maximum absolute atomic E-state index is 5.69. The van der Waals surface area contributed by atoms with Crippen molar-refractivity contribution in [3.05, 3.63) is 23.7 Å². The Kier molecular flexibility index (Phi) is 6.74. The zero-order valence-electron chi connectivity index (χ0n) is 13.9. The van der Waals surface area contributed by atoms with Crippen LogP contribution in [0.15, 0.2) is 16.7 Å². The summed E-state index contributed by atoms with van der Waals surface area (Å²) >= 11 is 0. The standard InChI is InChI=1S/C17H31N3O/c1-4-8-18-11-15-10-17(21-14-15)13-19(3)12-16-7-6-9-20(16)5-2/h10,14,16,18H,4-9,11-13H2,1-3H3. The summed E-state index contributed by atoms with van der Waals surface area (Å²) in [5.41, 5.74) is 1.25. The van der Waals surface area contributed by atoms with E-state index >= 15 is 0 Å². The van der Waals surface area contributed by atoms with Gasteiger partial charge in [0.25, 0.3) is 0 Å². The van der Waals surface area contributed by atoms with Gasteiger partial charge in [-0.3, -0.25) is 9.80 Å². The second-order valence-corrected chi connectivity index (χ2v) is 6.22. The van der Waals surface area contributed by atoms with E-state index in [2.05, 4.69) is 42.1 Å². The molecule has 4 nitrogen and oxygen atoms in total. The Morgan fingerprint density at radius 3 is 3.05 bits per heavy atom. The smallest absolute Gasteiger partial charge is 0.118 e. The van der Waals surface area contributed by atoms with E-state index in [-0.39, 0.29) is 0 Å². The predicted octanol–water partition coefficient (Wildman–Crippen LogP) is 2.70. The molecule has 0 spiro atoms. The highest BCUT2D eigenvalue weighted by Gasteiger charge is 2.24. The molecule has 1 fully saturated rings. The van der Waals surface area contributed by atoms with Gasteiger partial charge in [0, 0.05) is 24.7 Å². The minimum absolute atomic E-state index is 0.723. The molecule has 2 heterocycles. The van der Waals surface area contributed by atoms with Crippen molar-refractivity contribution in [2.75, 3.05) is 33.2 Å². The third-order valence-corrected chi connectivity index (χ3v) is 4.32. The normalized spacial score (nSPS) is 19.7. The van der Waals surface area contributed by atoms with Crippen molar-refractivity contribution in [1.82, 2.24) is 15.1 Å². The highest BCUT2D eigenvalue weighted by molar-refractivity contribution is 5.12. The second kappa shape index (κ2) is 8.57. The third-order valence-electron chi connectivity index (χ3n) is 4.32. The summed E-state index contributed by atoms with van der Waals surface area (Å²) in [5, 5.41) is 3.41. The second-order valence-electron chi connectivity index (χ2n) is 6.22. The van der Waals surface area contributed by atoms with Gasteiger partial charge in [-0.05, 0) is 52.0 Å². The van der Waals surface area contributed by atoms with Crippen molar-refractivity contribution in [3.63, 3.8) is 0 Å². The first-order valence-corrected chi connectivity index (χ1v) is 8.42. The first kappa shape index (κ1) is 16.5. The number of likely N-dealkylation sites (tertiary alicyclic amines) is 1. The summed E-state index contributed by atoms with van der Waals surface area (Å²) < 4.78 is 5.69. The largest absolute Gasteiger partial charge is 0.468 e. The van der Waals surface area contributed by atoms with Gasteiger partial charge >= 0.3 is 0 Å². The van der Waals surface area contributed by atoms with E-state index in [9.17, 15) is 0 Å². The molecule has 1 atom stereocenters. The Morgan fingerprint density at radius 1 is 1.43 bits per heavy atom. The average Bonchev–Trinajstić information content (AvgIpc) is 3.08. The molecule has 1 N–H and O–H groups in total. The van der Waals surface area contributed by atoms with Crippen LogP contribution in [0, 0.1) is 0 Å². The molecule has 1 aliphatic heterocycles. The summed E-state index contributed by atoms with van der Waals surface area (Å²) in [4.78, 5) is 4.99. The van der Waals surface area contributed by atoms with Crippen LogP contribution in [0.2, 0.25) is 0 Å². The van der Waals surface area contributed by atoms with Crippen molar-refractivity contribution in [1.29, 1.82) is 0 Å². The molecule has 0 radical (unpaired) electrons. The Bertz CT molecular complexity index is 404. The maximum atomic E-state index is 5.69. The molecule has 1 aliphatic rings. The number of furan rings is 1. The maximum Gasteiger partial charge on any atom is 0.118 e. The fourth-order valence-corrected chi connectivity index (χ4v) is 3.22. The minimum Gasteiger partial charge on any atom is -0.468 e. The van der Waals surface area contributed by atoms with E-state index in [1.807, 2.05) is 6.26 Å². The molecule has 4 heteroatoms. The zero-order chi connectivity index (χ0) is 15.1. The van der Waals surface area contributed by atoms with Crippen LogP contribution >= 0.6 is 0 Å². The lowest BCUT2D eigenvalue weighted by atomic mass is 10.2. The molecule has 0 amide bonds. The SMILES string of the molecule is CCCNCc1coc(CN(C)CC2CCCN2CC)c1. The summed E-state index contributed by atoms with van der Waals surface area (Å²) in [6.45, 7) is 10.9. The van der Waals surface area contributed by atoms with E-state index in [1.165, 1.54) is 37.9 Å². The zero-order valence-corrected chi connectivity index (χ0v) is 13.9. The topological polar surface area (TPSA) is 31.7 Å². The Labute approximate surface area is 129 Å². The molecule has 120 valence electrons. The van der Waals surface area contributed by atoms with Crippen LogP contribution in [0.25, 0.3) is 0 Å².